The van der Waals surface area contributed by atoms with E-state index in [0.29, 0.717) is 5.02 Å². The smallest absolute Gasteiger partial charge is 0.175 e. The molecule has 0 saturated carbocycles. The molecule has 0 saturated heterocycles. The number of pyridine rings is 1. The highest BCUT2D eigenvalue weighted by atomic mass is 35.5. The second-order valence-electron chi connectivity index (χ2n) is 10.3. The number of aromatic amines is 1. The number of rotatable bonds is 7. The van der Waals surface area contributed by atoms with Gasteiger partial charge in [0, 0.05) is 59.6 Å². The van der Waals surface area contributed by atoms with Gasteiger partial charge >= 0.3 is 0 Å². The van der Waals surface area contributed by atoms with E-state index in [4.69, 9.17) is 16.6 Å². The van der Waals surface area contributed by atoms with Gasteiger partial charge in [-0.05, 0) is 59.5 Å². The van der Waals surface area contributed by atoms with E-state index < -0.39 is 0 Å². The predicted octanol–water partition coefficient (Wildman–Crippen LogP) is 6.18. The number of hydrogen-bond donors (Lipinski definition) is 1. The molecule has 6 aromatic rings. The summed E-state index contributed by atoms with van der Waals surface area (Å²) in [6.45, 7) is 3.69. The molecule has 0 atom stereocenters. The molecule has 0 radical (unpaired) electrons. The second kappa shape index (κ2) is 10.7. The number of nitrogens with zero attached hydrogens (tertiary/aromatic N) is 6. The monoisotopic (exact) mass is 545 g/mol. The maximum absolute atomic E-state index is 6.17. The average molecular weight is 546 g/mol. The molecule has 7 nitrogen and oxygen atoms in total. The zero-order chi connectivity index (χ0) is 26.9. The third kappa shape index (κ3) is 5.01. The number of tetrazole rings is 1. The van der Waals surface area contributed by atoms with Crippen molar-refractivity contribution in [2.24, 2.45) is 0 Å². The number of benzene rings is 3. The molecule has 0 aliphatic carbocycles. The molecule has 198 valence electrons. The van der Waals surface area contributed by atoms with Gasteiger partial charge < -0.3 is 4.57 Å². The molecule has 3 aromatic heterocycles. The molecule has 1 N–H and O–H groups in total. The molecular formula is C32H28ClN7. The summed E-state index contributed by atoms with van der Waals surface area (Å²) in [5.74, 6) is 0.763. The van der Waals surface area contributed by atoms with Crippen LogP contribution in [0.25, 0.3) is 34.0 Å². The summed E-state index contributed by atoms with van der Waals surface area (Å²) in [4.78, 5) is 7.26. The van der Waals surface area contributed by atoms with Crippen LogP contribution in [-0.2, 0) is 25.9 Å². The van der Waals surface area contributed by atoms with Crippen molar-refractivity contribution in [3.63, 3.8) is 0 Å². The van der Waals surface area contributed by atoms with E-state index >= 15 is 0 Å². The summed E-state index contributed by atoms with van der Waals surface area (Å²) in [6, 6.07) is 27.5. The number of H-pyrrole nitrogens is 1. The van der Waals surface area contributed by atoms with Gasteiger partial charge in [-0.3, -0.25) is 4.90 Å². The lowest BCUT2D eigenvalue weighted by molar-refractivity contribution is 0.249. The van der Waals surface area contributed by atoms with Crippen molar-refractivity contribution in [1.29, 1.82) is 0 Å². The number of hydrogen-bond acceptors (Lipinski definition) is 5. The van der Waals surface area contributed by atoms with Crippen molar-refractivity contribution in [3.8, 4) is 0 Å². The lowest BCUT2D eigenvalue weighted by Crippen LogP contribution is -2.33. The van der Waals surface area contributed by atoms with Crippen LogP contribution in [0.1, 0.15) is 33.9 Å². The van der Waals surface area contributed by atoms with E-state index in [-0.39, 0.29) is 0 Å². The Hall–Kier alpha value is -4.33. The molecule has 7 rings (SSSR count). The normalized spacial score (nSPS) is 13.9. The molecule has 4 heterocycles. The molecule has 1 aliphatic rings. The molecule has 1 aliphatic heterocycles. The third-order valence-corrected chi connectivity index (χ3v) is 7.94. The number of halogens is 1. The van der Waals surface area contributed by atoms with Crippen LogP contribution in [-0.4, -0.2) is 48.2 Å². The van der Waals surface area contributed by atoms with Crippen LogP contribution >= 0.6 is 11.6 Å². The summed E-state index contributed by atoms with van der Waals surface area (Å²) in [7, 11) is 0. The first kappa shape index (κ1) is 24.7. The van der Waals surface area contributed by atoms with Crippen LogP contribution in [0.4, 0.5) is 0 Å². The zero-order valence-corrected chi connectivity index (χ0v) is 22.7. The van der Waals surface area contributed by atoms with Crippen molar-refractivity contribution < 1.29 is 0 Å². The Morgan fingerprint density at radius 2 is 1.88 bits per heavy atom. The summed E-state index contributed by atoms with van der Waals surface area (Å²) >= 11 is 6.17. The largest absolute Gasteiger partial charge is 0.339 e. The minimum atomic E-state index is 0.698. The van der Waals surface area contributed by atoms with Gasteiger partial charge in [0.15, 0.2) is 5.82 Å². The van der Waals surface area contributed by atoms with E-state index in [2.05, 4.69) is 96.8 Å². The average Bonchev–Trinajstić information content (AvgIpc) is 3.62. The second-order valence-corrected chi connectivity index (χ2v) is 10.7. The summed E-state index contributed by atoms with van der Waals surface area (Å²) in [5, 5.41) is 17.6. The fraction of sp³-hybridized carbons (Fsp3) is 0.188. The summed E-state index contributed by atoms with van der Waals surface area (Å²) < 4.78 is 2.50. The fourth-order valence-corrected chi connectivity index (χ4v) is 5.89. The van der Waals surface area contributed by atoms with Gasteiger partial charge in [0.2, 0.25) is 0 Å². The van der Waals surface area contributed by atoms with Crippen LogP contribution in [0.2, 0.25) is 5.02 Å². The van der Waals surface area contributed by atoms with E-state index in [1.807, 2.05) is 24.3 Å². The first-order valence-corrected chi connectivity index (χ1v) is 13.9. The van der Waals surface area contributed by atoms with E-state index in [9.17, 15) is 0 Å². The minimum Gasteiger partial charge on any atom is -0.339 e. The van der Waals surface area contributed by atoms with Gasteiger partial charge in [0.1, 0.15) is 0 Å². The van der Waals surface area contributed by atoms with Gasteiger partial charge in [-0.15, -0.1) is 10.2 Å². The number of para-hydroxylation sites is 1. The fourth-order valence-electron chi connectivity index (χ4n) is 5.72. The number of aromatic nitrogens is 6. The van der Waals surface area contributed by atoms with Crippen LogP contribution in [0.5, 0.6) is 0 Å². The Morgan fingerprint density at radius 1 is 0.950 bits per heavy atom. The maximum atomic E-state index is 6.17. The molecular weight excluding hydrogens is 518 g/mol. The Kier molecular flexibility index (Phi) is 6.59. The van der Waals surface area contributed by atoms with Crippen molar-refractivity contribution in [2.75, 3.05) is 13.1 Å². The number of nitrogens with one attached hydrogen (secondary N) is 1. The van der Waals surface area contributed by atoms with Gasteiger partial charge in [-0.25, -0.2) is 4.98 Å². The Bertz CT molecular complexity index is 1840. The molecule has 8 heteroatoms. The van der Waals surface area contributed by atoms with Gasteiger partial charge in [-0.1, -0.05) is 71.4 Å². The molecule has 40 heavy (non-hydrogen) atoms. The van der Waals surface area contributed by atoms with Gasteiger partial charge in [0.25, 0.3) is 0 Å². The van der Waals surface area contributed by atoms with Crippen LogP contribution in [0.15, 0.2) is 78.9 Å². The van der Waals surface area contributed by atoms with Crippen molar-refractivity contribution in [1.82, 2.24) is 35.1 Å². The topological polar surface area (TPSA) is 75.5 Å². The first-order chi connectivity index (χ1) is 19.7. The highest BCUT2D eigenvalue weighted by molar-refractivity contribution is 6.31. The van der Waals surface area contributed by atoms with Crippen LogP contribution < -0.4 is 0 Å². The summed E-state index contributed by atoms with van der Waals surface area (Å²) in [5.41, 5.74) is 8.41. The highest BCUT2D eigenvalue weighted by Gasteiger charge is 2.24. The Morgan fingerprint density at radius 3 is 2.80 bits per heavy atom. The molecule has 0 unspecified atom stereocenters. The maximum Gasteiger partial charge on any atom is 0.175 e. The van der Waals surface area contributed by atoms with Crippen molar-refractivity contribution in [3.05, 3.63) is 118 Å². The molecule has 3 aromatic carbocycles. The van der Waals surface area contributed by atoms with Crippen molar-refractivity contribution in [2.45, 2.75) is 25.9 Å². The van der Waals surface area contributed by atoms with Crippen LogP contribution in [0.3, 0.4) is 0 Å². The summed E-state index contributed by atoms with van der Waals surface area (Å²) in [6.07, 6.45) is 6.03. The first-order valence-electron chi connectivity index (χ1n) is 13.6. The minimum absolute atomic E-state index is 0.698. The molecule has 0 spiro atoms. The SMILES string of the molecule is Clc1ccc2ccc(/C=C/c3cccc(Cn4c5c(c6ccccc64)CCN(CCc4nn[nH]n4)C5)c3)nc2c1. The molecule has 0 amide bonds. The van der Waals surface area contributed by atoms with E-state index in [1.165, 1.54) is 27.7 Å². The number of fused-ring (bicyclic) bond motifs is 4. The highest BCUT2D eigenvalue weighted by Crippen LogP contribution is 2.32. The van der Waals surface area contributed by atoms with Gasteiger partial charge in [-0.2, -0.15) is 5.21 Å². The van der Waals surface area contributed by atoms with Crippen molar-refractivity contribution >= 4 is 45.6 Å². The predicted molar refractivity (Wildman–Crippen MR) is 160 cm³/mol. The molecule has 0 bridgehead atoms. The Balaban J connectivity index is 1.14. The van der Waals surface area contributed by atoms with Crippen LogP contribution in [0, 0.1) is 0 Å². The quantitative estimate of drug-likeness (QED) is 0.259. The van der Waals surface area contributed by atoms with E-state index in [1.54, 1.807) is 0 Å². The zero-order valence-electron chi connectivity index (χ0n) is 22.0. The lowest BCUT2D eigenvalue weighted by Gasteiger charge is -2.28. The third-order valence-electron chi connectivity index (χ3n) is 7.70. The Labute approximate surface area is 237 Å². The standard InChI is InChI=1S/C32H28ClN7/c33-25-11-9-24-10-13-26(34-29(24)19-25)12-8-22-4-3-5-23(18-22)20-40-30-7-2-1-6-27(30)28-14-16-39(21-31(28)40)17-15-32-35-37-38-36-32/h1-13,18-19H,14-17,20-21H2,(H,35,36,37,38)/b12-8+. The van der Waals surface area contributed by atoms with E-state index in [0.717, 1.165) is 67.0 Å². The molecule has 0 fully saturated rings. The van der Waals surface area contributed by atoms with Gasteiger partial charge in [0.05, 0.1) is 11.2 Å². The lowest BCUT2D eigenvalue weighted by atomic mass is 10.0.